The third-order valence-corrected chi connectivity index (χ3v) is 4.41. The Morgan fingerprint density at radius 2 is 2.00 bits per heavy atom. The van der Waals surface area contributed by atoms with Crippen molar-refractivity contribution >= 4 is 23.2 Å². The maximum atomic E-state index is 12.2. The molecule has 0 saturated carbocycles. The second-order valence-corrected chi connectivity index (χ2v) is 5.85. The predicted octanol–water partition coefficient (Wildman–Crippen LogP) is 3.06. The Kier molecular flexibility index (Phi) is 4.15. The highest BCUT2D eigenvalue weighted by atomic mass is 32.1. The molecular weight excluding hydrogens is 286 g/mol. The molecule has 0 spiro atoms. The van der Waals surface area contributed by atoms with Gasteiger partial charge in [-0.05, 0) is 49.9 Å². The molecule has 0 unspecified atom stereocenters. The molecular formula is C15H17N3O2S. The molecule has 1 aliphatic rings. The zero-order chi connectivity index (χ0) is 14.7. The normalized spacial score (nSPS) is 15.0. The van der Waals surface area contributed by atoms with Crippen molar-refractivity contribution in [3.05, 3.63) is 34.8 Å². The van der Waals surface area contributed by atoms with Crippen LogP contribution in [-0.4, -0.2) is 28.6 Å². The minimum Gasteiger partial charge on any atom is -0.420 e. The van der Waals surface area contributed by atoms with Gasteiger partial charge in [0.15, 0.2) is 10.6 Å². The Morgan fingerprint density at radius 1 is 1.24 bits per heavy atom. The lowest BCUT2D eigenvalue weighted by atomic mass is 10.1. The van der Waals surface area contributed by atoms with Crippen LogP contribution in [-0.2, 0) is 0 Å². The minimum absolute atomic E-state index is 0.382. The predicted molar refractivity (Wildman–Crippen MR) is 82.1 cm³/mol. The van der Waals surface area contributed by atoms with Crippen molar-refractivity contribution < 1.29 is 9.53 Å². The molecule has 0 aliphatic carbocycles. The first kappa shape index (κ1) is 14.0. The van der Waals surface area contributed by atoms with Crippen molar-refractivity contribution in [3.63, 3.8) is 0 Å². The summed E-state index contributed by atoms with van der Waals surface area (Å²) in [6, 6.07) is 7.70. The number of benzene rings is 1. The lowest BCUT2D eigenvalue weighted by Gasteiger charge is -2.29. The molecule has 1 aromatic heterocycles. The molecule has 1 fully saturated rings. The van der Waals surface area contributed by atoms with Crippen LogP contribution in [0.5, 0.6) is 5.75 Å². The minimum atomic E-state index is -0.382. The fraction of sp³-hybridized carbons (Fsp3) is 0.400. The van der Waals surface area contributed by atoms with Crippen LogP contribution in [0.25, 0.3) is 0 Å². The van der Waals surface area contributed by atoms with Gasteiger partial charge in [0.2, 0.25) is 0 Å². The van der Waals surface area contributed by atoms with Crippen LogP contribution >= 0.6 is 11.5 Å². The summed E-state index contributed by atoms with van der Waals surface area (Å²) in [4.78, 5) is 15.0. The Bertz CT molecular complexity index is 635. The van der Waals surface area contributed by atoms with Gasteiger partial charge in [0.25, 0.3) is 0 Å². The molecule has 2 aromatic rings. The van der Waals surface area contributed by atoms with E-state index in [-0.39, 0.29) is 5.97 Å². The largest absolute Gasteiger partial charge is 0.420 e. The number of nitrogens with zero attached hydrogens (tertiary/aromatic N) is 3. The Balaban J connectivity index is 1.82. The van der Waals surface area contributed by atoms with Gasteiger partial charge in [0, 0.05) is 13.1 Å². The molecule has 5 nitrogen and oxygen atoms in total. The highest BCUT2D eigenvalue weighted by Crippen LogP contribution is 2.31. The maximum absolute atomic E-state index is 12.2. The first-order valence-corrected chi connectivity index (χ1v) is 7.88. The number of rotatable bonds is 3. The molecule has 1 aromatic carbocycles. The average Bonchev–Trinajstić information content (AvgIpc) is 2.95. The van der Waals surface area contributed by atoms with E-state index in [4.69, 9.17) is 4.74 Å². The zero-order valence-corrected chi connectivity index (χ0v) is 12.7. The molecule has 0 radical (unpaired) electrons. The van der Waals surface area contributed by atoms with Gasteiger partial charge < -0.3 is 9.64 Å². The van der Waals surface area contributed by atoms with E-state index < -0.39 is 0 Å². The number of aromatic nitrogens is 2. The third-order valence-electron chi connectivity index (χ3n) is 3.60. The van der Waals surface area contributed by atoms with Crippen molar-refractivity contribution in [1.29, 1.82) is 0 Å². The summed E-state index contributed by atoms with van der Waals surface area (Å²) in [5.74, 6) is 0.226. The van der Waals surface area contributed by atoms with Gasteiger partial charge in [-0.3, -0.25) is 0 Å². The molecule has 3 rings (SSSR count). The van der Waals surface area contributed by atoms with Crippen molar-refractivity contribution in [1.82, 2.24) is 9.59 Å². The van der Waals surface area contributed by atoms with Gasteiger partial charge in [-0.15, -0.1) is 5.10 Å². The number of hydrogen-bond donors (Lipinski definition) is 0. The van der Waals surface area contributed by atoms with Gasteiger partial charge in [0.05, 0.1) is 11.4 Å². The SMILES string of the molecule is Cc1nnsc1C(=O)Oc1ccccc1N1CCCCC1. The third kappa shape index (κ3) is 3.05. The van der Waals surface area contributed by atoms with E-state index in [9.17, 15) is 4.79 Å². The molecule has 2 heterocycles. The Hall–Kier alpha value is -1.95. The molecule has 1 aliphatic heterocycles. The number of hydrogen-bond acceptors (Lipinski definition) is 6. The van der Waals surface area contributed by atoms with Crippen molar-refractivity contribution in [2.75, 3.05) is 18.0 Å². The Labute approximate surface area is 127 Å². The van der Waals surface area contributed by atoms with E-state index in [0.717, 1.165) is 30.3 Å². The van der Waals surface area contributed by atoms with Crippen LogP contribution < -0.4 is 9.64 Å². The van der Waals surface area contributed by atoms with Crippen molar-refractivity contribution in [3.8, 4) is 5.75 Å². The summed E-state index contributed by atoms with van der Waals surface area (Å²) in [6.07, 6.45) is 3.63. The van der Waals surface area contributed by atoms with E-state index >= 15 is 0 Å². The fourth-order valence-corrected chi connectivity index (χ4v) is 3.04. The smallest absolute Gasteiger partial charge is 0.357 e. The summed E-state index contributed by atoms with van der Waals surface area (Å²) < 4.78 is 9.35. The van der Waals surface area contributed by atoms with Crippen molar-refractivity contribution in [2.45, 2.75) is 26.2 Å². The average molecular weight is 303 g/mol. The Morgan fingerprint density at radius 3 is 2.71 bits per heavy atom. The second-order valence-electron chi connectivity index (χ2n) is 5.09. The van der Waals surface area contributed by atoms with Crippen LogP contribution in [0, 0.1) is 6.92 Å². The van der Waals surface area contributed by atoms with Crippen LogP contribution in [0.1, 0.15) is 34.6 Å². The molecule has 1 saturated heterocycles. The van der Waals surface area contributed by atoms with E-state index in [1.54, 1.807) is 6.92 Å². The highest BCUT2D eigenvalue weighted by molar-refractivity contribution is 7.07. The van der Waals surface area contributed by atoms with Crippen LogP contribution in [0.3, 0.4) is 0 Å². The lowest BCUT2D eigenvalue weighted by molar-refractivity contribution is 0.0739. The first-order chi connectivity index (χ1) is 10.3. The van der Waals surface area contributed by atoms with Crippen LogP contribution in [0.2, 0.25) is 0 Å². The monoisotopic (exact) mass is 303 g/mol. The molecule has 0 bridgehead atoms. The summed E-state index contributed by atoms with van der Waals surface area (Å²) in [5, 5.41) is 3.85. The van der Waals surface area contributed by atoms with E-state index in [2.05, 4.69) is 14.5 Å². The van der Waals surface area contributed by atoms with Crippen molar-refractivity contribution in [2.24, 2.45) is 0 Å². The summed E-state index contributed by atoms with van der Waals surface area (Å²) in [5.41, 5.74) is 1.60. The van der Waals surface area contributed by atoms with Gasteiger partial charge in [-0.1, -0.05) is 16.6 Å². The maximum Gasteiger partial charge on any atom is 0.357 e. The molecule has 21 heavy (non-hydrogen) atoms. The summed E-state index contributed by atoms with van der Waals surface area (Å²) >= 11 is 1.07. The molecule has 6 heteroatoms. The number of carbonyl (C=O) groups is 1. The first-order valence-electron chi connectivity index (χ1n) is 7.11. The quantitative estimate of drug-likeness (QED) is 0.644. The molecule has 0 amide bonds. The van der Waals surface area contributed by atoms with E-state index in [1.807, 2.05) is 24.3 Å². The number of esters is 1. The number of ether oxygens (including phenoxy) is 1. The highest BCUT2D eigenvalue weighted by Gasteiger charge is 2.20. The number of piperidine rings is 1. The molecule has 0 N–H and O–H groups in total. The number of aryl methyl sites for hydroxylation is 1. The van der Waals surface area contributed by atoms with Crippen LogP contribution in [0.15, 0.2) is 24.3 Å². The molecule has 110 valence electrons. The van der Waals surface area contributed by atoms with Gasteiger partial charge in [-0.25, -0.2) is 4.79 Å². The lowest BCUT2D eigenvalue weighted by Crippen LogP contribution is -2.30. The standard InChI is InChI=1S/C15H17N3O2S/c1-11-14(21-17-16-11)15(19)20-13-8-4-3-7-12(13)18-9-5-2-6-10-18/h3-4,7-8H,2,5-6,9-10H2,1H3. The van der Waals surface area contributed by atoms with E-state index in [0.29, 0.717) is 16.3 Å². The number of carbonyl (C=O) groups excluding carboxylic acids is 1. The van der Waals surface area contributed by atoms with Gasteiger partial charge >= 0.3 is 5.97 Å². The van der Waals surface area contributed by atoms with E-state index in [1.165, 1.54) is 19.3 Å². The van der Waals surface area contributed by atoms with Gasteiger partial charge in [0.1, 0.15) is 0 Å². The zero-order valence-electron chi connectivity index (χ0n) is 11.9. The number of para-hydroxylation sites is 2. The number of anilines is 1. The van der Waals surface area contributed by atoms with Crippen LogP contribution in [0.4, 0.5) is 5.69 Å². The fourth-order valence-electron chi connectivity index (χ4n) is 2.50. The van der Waals surface area contributed by atoms with Gasteiger partial charge in [-0.2, -0.15) is 0 Å². The summed E-state index contributed by atoms with van der Waals surface area (Å²) in [6.45, 7) is 3.78. The second kappa shape index (κ2) is 6.22. The summed E-state index contributed by atoms with van der Waals surface area (Å²) in [7, 11) is 0. The molecule has 0 atom stereocenters. The topological polar surface area (TPSA) is 55.3 Å².